The van der Waals surface area contributed by atoms with Crippen LogP contribution in [0.2, 0.25) is 0 Å². The minimum Gasteiger partial charge on any atom is -0.385 e. The fraction of sp³-hybridized carbons (Fsp3) is 0.308. The third-order valence-electron chi connectivity index (χ3n) is 2.04. The maximum Gasteiger partial charge on any atom is 0.159 e. The summed E-state index contributed by atoms with van der Waals surface area (Å²) in [7, 11) is 0. The van der Waals surface area contributed by atoms with Crippen molar-refractivity contribution in [2.24, 2.45) is 0 Å². The Morgan fingerprint density at radius 3 is 2.93 bits per heavy atom. The Bertz CT molecular complexity index is 355. The number of ketones is 1. The van der Waals surface area contributed by atoms with Gasteiger partial charge in [0.2, 0.25) is 0 Å². The van der Waals surface area contributed by atoms with Crippen LogP contribution in [0.4, 0.5) is 5.69 Å². The van der Waals surface area contributed by atoms with E-state index in [9.17, 15) is 4.79 Å². The third kappa shape index (κ3) is 3.98. The fourth-order valence-electron chi connectivity index (χ4n) is 1.44. The van der Waals surface area contributed by atoms with Crippen molar-refractivity contribution < 1.29 is 4.79 Å². The Hall–Kier alpha value is -1.57. The molecule has 0 bridgehead atoms. The molecule has 0 fully saturated rings. The summed E-state index contributed by atoms with van der Waals surface area (Å²) in [6, 6.07) is 7.97. The predicted octanol–water partition coefficient (Wildman–Crippen LogP) is 2.81. The van der Waals surface area contributed by atoms with Crippen LogP contribution < -0.4 is 5.32 Å². The highest BCUT2D eigenvalue weighted by Gasteiger charge is 2.00. The summed E-state index contributed by atoms with van der Waals surface area (Å²) in [4.78, 5) is 11.4. The van der Waals surface area contributed by atoms with E-state index in [4.69, 9.17) is 0 Å². The third-order valence-corrected chi connectivity index (χ3v) is 2.04. The van der Waals surface area contributed by atoms with Crippen LogP contribution in [0.1, 0.15) is 19.4 Å². The largest absolute Gasteiger partial charge is 0.385 e. The first-order valence-electron chi connectivity index (χ1n) is 5.24. The van der Waals surface area contributed by atoms with Crippen LogP contribution in [-0.2, 0) is 11.2 Å². The van der Waals surface area contributed by atoms with Gasteiger partial charge in [-0.1, -0.05) is 18.2 Å². The summed E-state index contributed by atoms with van der Waals surface area (Å²) < 4.78 is 0. The zero-order valence-electron chi connectivity index (χ0n) is 9.29. The predicted molar refractivity (Wildman–Crippen MR) is 64.1 cm³/mol. The van der Waals surface area contributed by atoms with Crippen LogP contribution in [0.25, 0.3) is 0 Å². The highest BCUT2D eigenvalue weighted by atomic mass is 16.1. The van der Waals surface area contributed by atoms with Crippen LogP contribution in [-0.4, -0.2) is 12.3 Å². The van der Waals surface area contributed by atoms with E-state index in [-0.39, 0.29) is 5.78 Å². The van der Waals surface area contributed by atoms with Gasteiger partial charge in [0.25, 0.3) is 0 Å². The van der Waals surface area contributed by atoms with E-state index in [0.29, 0.717) is 6.42 Å². The lowest BCUT2D eigenvalue weighted by molar-refractivity contribution is -0.114. The normalized spacial score (nSPS) is 10.5. The van der Waals surface area contributed by atoms with Crippen LogP contribution in [0.5, 0.6) is 0 Å². The van der Waals surface area contributed by atoms with E-state index in [1.165, 1.54) is 0 Å². The van der Waals surface area contributed by atoms with Crippen LogP contribution in [0, 0.1) is 0 Å². The molecule has 0 unspecified atom stereocenters. The number of anilines is 1. The van der Waals surface area contributed by atoms with Gasteiger partial charge in [-0.15, -0.1) is 0 Å². The van der Waals surface area contributed by atoms with Gasteiger partial charge >= 0.3 is 0 Å². The lowest BCUT2D eigenvalue weighted by atomic mass is 10.1. The molecular formula is C13H17NO. The van der Waals surface area contributed by atoms with Gasteiger partial charge in [0.15, 0.2) is 5.78 Å². The molecule has 0 aliphatic carbocycles. The summed E-state index contributed by atoms with van der Waals surface area (Å²) in [5.41, 5.74) is 2.12. The van der Waals surface area contributed by atoms with Gasteiger partial charge in [0.1, 0.15) is 0 Å². The Balaban J connectivity index is 2.68. The quantitative estimate of drug-likeness (QED) is 0.745. The number of carbonyl (C=O) groups is 1. The van der Waals surface area contributed by atoms with Crippen molar-refractivity contribution in [2.45, 2.75) is 20.3 Å². The SMILES string of the molecule is C/C=C/C(=O)Cc1cccc(NCC)c1. The van der Waals surface area contributed by atoms with E-state index in [0.717, 1.165) is 17.8 Å². The number of hydrogen-bond acceptors (Lipinski definition) is 2. The Labute approximate surface area is 91.0 Å². The lowest BCUT2D eigenvalue weighted by Crippen LogP contribution is -2.00. The highest BCUT2D eigenvalue weighted by Crippen LogP contribution is 2.11. The molecule has 0 spiro atoms. The summed E-state index contributed by atoms with van der Waals surface area (Å²) in [6.07, 6.45) is 3.86. The van der Waals surface area contributed by atoms with Gasteiger partial charge in [0.05, 0.1) is 0 Å². The van der Waals surface area contributed by atoms with Gasteiger partial charge in [-0.05, 0) is 37.6 Å². The molecule has 0 saturated heterocycles. The van der Waals surface area contributed by atoms with Crippen molar-refractivity contribution in [1.29, 1.82) is 0 Å². The molecule has 1 aromatic rings. The number of carbonyl (C=O) groups excluding carboxylic acids is 1. The molecule has 2 heteroatoms. The van der Waals surface area contributed by atoms with Crippen molar-refractivity contribution in [2.75, 3.05) is 11.9 Å². The van der Waals surface area contributed by atoms with E-state index in [1.54, 1.807) is 12.2 Å². The standard InChI is InChI=1S/C13H17NO/c1-3-6-13(15)10-11-7-5-8-12(9-11)14-4-2/h3,5-9,14H,4,10H2,1-2H3/b6-3+. The summed E-state index contributed by atoms with van der Waals surface area (Å²) in [6.45, 7) is 4.80. The fourth-order valence-corrected chi connectivity index (χ4v) is 1.44. The van der Waals surface area contributed by atoms with Crippen molar-refractivity contribution >= 4 is 11.5 Å². The van der Waals surface area contributed by atoms with Crippen molar-refractivity contribution in [3.05, 3.63) is 42.0 Å². The molecule has 0 radical (unpaired) electrons. The first kappa shape index (κ1) is 11.5. The van der Waals surface area contributed by atoms with Crippen molar-refractivity contribution in [1.82, 2.24) is 0 Å². The van der Waals surface area contributed by atoms with Gasteiger partial charge in [-0.2, -0.15) is 0 Å². The molecule has 1 rings (SSSR count). The number of benzene rings is 1. The van der Waals surface area contributed by atoms with E-state index in [1.807, 2.05) is 31.2 Å². The molecule has 0 aromatic heterocycles. The Kier molecular flexibility index (Phi) is 4.61. The molecule has 80 valence electrons. The maximum atomic E-state index is 11.4. The Morgan fingerprint density at radius 1 is 1.47 bits per heavy atom. The minimum atomic E-state index is 0.145. The highest BCUT2D eigenvalue weighted by molar-refractivity contribution is 5.91. The van der Waals surface area contributed by atoms with Gasteiger partial charge in [-0.25, -0.2) is 0 Å². The average Bonchev–Trinajstić information content (AvgIpc) is 2.19. The average molecular weight is 203 g/mol. The Morgan fingerprint density at radius 2 is 2.27 bits per heavy atom. The minimum absolute atomic E-state index is 0.145. The monoisotopic (exact) mass is 203 g/mol. The van der Waals surface area contributed by atoms with Crippen molar-refractivity contribution in [3.8, 4) is 0 Å². The molecular weight excluding hydrogens is 186 g/mol. The molecule has 0 heterocycles. The second kappa shape index (κ2) is 6.02. The molecule has 2 nitrogen and oxygen atoms in total. The zero-order chi connectivity index (χ0) is 11.1. The van der Waals surface area contributed by atoms with Crippen LogP contribution in [0.3, 0.4) is 0 Å². The molecule has 1 aromatic carbocycles. The van der Waals surface area contributed by atoms with E-state index >= 15 is 0 Å². The van der Waals surface area contributed by atoms with Gasteiger partial charge < -0.3 is 5.32 Å². The smallest absolute Gasteiger partial charge is 0.159 e. The first-order chi connectivity index (χ1) is 7.26. The topological polar surface area (TPSA) is 29.1 Å². The summed E-state index contributed by atoms with van der Waals surface area (Å²) in [5, 5.41) is 3.22. The van der Waals surface area contributed by atoms with E-state index < -0.39 is 0 Å². The second-order valence-electron chi connectivity index (χ2n) is 3.37. The van der Waals surface area contributed by atoms with Crippen LogP contribution >= 0.6 is 0 Å². The number of nitrogens with one attached hydrogen (secondary N) is 1. The van der Waals surface area contributed by atoms with Crippen LogP contribution in [0.15, 0.2) is 36.4 Å². The maximum absolute atomic E-state index is 11.4. The number of rotatable bonds is 5. The zero-order valence-corrected chi connectivity index (χ0v) is 9.29. The summed E-state index contributed by atoms with van der Waals surface area (Å²) >= 11 is 0. The lowest BCUT2D eigenvalue weighted by Gasteiger charge is -2.04. The van der Waals surface area contributed by atoms with Gasteiger partial charge in [-0.3, -0.25) is 4.79 Å². The van der Waals surface area contributed by atoms with Gasteiger partial charge in [0, 0.05) is 18.7 Å². The molecule has 0 atom stereocenters. The van der Waals surface area contributed by atoms with Crippen molar-refractivity contribution in [3.63, 3.8) is 0 Å². The molecule has 0 aliphatic rings. The molecule has 1 N–H and O–H groups in total. The molecule has 0 amide bonds. The molecule has 15 heavy (non-hydrogen) atoms. The molecule has 0 saturated carbocycles. The first-order valence-corrected chi connectivity index (χ1v) is 5.24. The van der Waals surface area contributed by atoms with E-state index in [2.05, 4.69) is 12.2 Å². The number of allylic oxidation sites excluding steroid dienone is 2. The molecule has 0 aliphatic heterocycles. The summed E-state index contributed by atoms with van der Waals surface area (Å²) in [5.74, 6) is 0.145. The second-order valence-corrected chi connectivity index (χ2v) is 3.37. The number of hydrogen-bond donors (Lipinski definition) is 1.